The highest BCUT2D eigenvalue weighted by Gasteiger charge is 2.26. The maximum atomic E-state index is 13.4. The number of anilines is 1. The summed E-state index contributed by atoms with van der Waals surface area (Å²) in [6, 6.07) is 11.1. The molecule has 1 aliphatic rings. The number of nitrogens with zero attached hydrogens (tertiary/aromatic N) is 1. The molecule has 0 fully saturated rings. The van der Waals surface area contributed by atoms with Gasteiger partial charge in [-0.3, -0.25) is 4.79 Å². The zero-order chi connectivity index (χ0) is 17.8. The SMILES string of the molecule is Cl.NC/C(=C/F)COc1ccc2c(c1)CCN(c1cccc(F)c1)C2=O. The van der Waals surface area contributed by atoms with Crippen molar-refractivity contribution in [3.63, 3.8) is 0 Å². The molecule has 2 aromatic rings. The van der Waals surface area contributed by atoms with Crippen molar-refractivity contribution in [3.05, 3.63) is 71.3 Å². The number of amides is 1. The minimum atomic E-state index is -0.378. The monoisotopic (exact) mass is 380 g/mol. The molecule has 4 nitrogen and oxygen atoms in total. The average molecular weight is 381 g/mol. The number of nitrogens with two attached hydrogens (primary N) is 1. The van der Waals surface area contributed by atoms with E-state index in [4.69, 9.17) is 10.5 Å². The fraction of sp³-hybridized carbons (Fsp3) is 0.211. The molecule has 3 rings (SSSR count). The van der Waals surface area contributed by atoms with E-state index >= 15 is 0 Å². The Bertz CT molecular complexity index is 827. The van der Waals surface area contributed by atoms with Crippen LogP contribution in [0.15, 0.2) is 54.4 Å². The van der Waals surface area contributed by atoms with Gasteiger partial charge in [-0.1, -0.05) is 6.07 Å². The van der Waals surface area contributed by atoms with Gasteiger partial charge in [-0.05, 0) is 48.4 Å². The number of fused-ring (bicyclic) bond motifs is 1. The van der Waals surface area contributed by atoms with Crippen LogP contribution < -0.4 is 15.4 Å². The molecule has 0 saturated heterocycles. The van der Waals surface area contributed by atoms with Crippen LogP contribution >= 0.6 is 12.4 Å². The molecule has 1 heterocycles. The lowest BCUT2D eigenvalue weighted by Gasteiger charge is -2.29. The van der Waals surface area contributed by atoms with Crippen LogP contribution in [-0.2, 0) is 6.42 Å². The van der Waals surface area contributed by atoms with Gasteiger partial charge in [0.1, 0.15) is 18.2 Å². The van der Waals surface area contributed by atoms with E-state index < -0.39 is 0 Å². The van der Waals surface area contributed by atoms with Crippen molar-refractivity contribution in [1.82, 2.24) is 0 Å². The van der Waals surface area contributed by atoms with Crippen molar-refractivity contribution < 1.29 is 18.3 Å². The number of halogens is 3. The molecule has 0 bridgehead atoms. The Balaban J connectivity index is 0.00000243. The second kappa shape index (κ2) is 8.78. The maximum absolute atomic E-state index is 13.4. The Morgan fingerprint density at radius 1 is 1.27 bits per heavy atom. The van der Waals surface area contributed by atoms with Crippen molar-refractivity contribution in [1.29, 1.82) is 0 Å². The second-order valence-corrected chi connectivity index (χ2v) is 5.77. The minimum Gasteiger partial charge on any atom is -0.489 e. The van der Waals surface area contributed by atoms with Crippen molar-refractivity contribution >= 4 is 24.0 Å². The summed E-state index contributed by atoms with van der Waals surface area (Å²) >= 11 is 0. The van der Waals surface area contributed by atoms with Gasteiger partial charge in [0.25, 0.3) is 5.91 Å². The predicted octanol–water partition coefficient (Wildman–Crippen LogP) is 3.64. The van der Waals surface area contributed by atoms with Gasteiger partial charge in [-0.25, -0.2) is 8.78 Å². The molecule has 0 aromatic heterocycles. The van der Waals surface area contributed by atoms with Crippen LogP contribution in [-0.4, -0.2) is 25.6 Å². The third-order valence-electron chi connectivity index (χ3n) is 4.12. The lowest BCUT2D eigenvalue weighted by Crippen LogP contribution is -2.37. The van der Waals surface area contributed by atoms with Gasteiger partial charge in [-0.2, -0.15) is 0 Å². The molecule has 0 unspecified atom stereocenters. The molecule has 0 spiro atoms. The van der Waals surface area contributed by atoms with Crippen molar-refractivity contribution in [2.75, 3.05) is 24.6 Å². The summed E-state index contributed by atoms with van der Waals surface area (Å²) in [4.78, 5) is 14.2. The molecule has 2 aromatic carbocycles. The van der Waals surface area contributed by atoms with Crippen LogP contribution in [0.2, 0.25) is 0 Å². The Kier molecular flexibility index (Phi) is 6.71. The molecule has 1 aliphatic heterocycles. The van der Waals surface area contributed by atoms with Gasteiger partial charge in [0.2, 0.25) is 0 Å². The molecule has 0 aliphatic carbocycles. The quantitative estimate of drug-likeness (QED) is 0.861. The smallest absolute Gasteiger partial charge is 0.258 e. The van der Waals surface area contributed by atoms with Crippen LogP contribution in [0, 0.1) is 5.82 Å². The third-order valence-corrected chi connectivity index (χ3v) is 4.12. The van der Waals surface area contributed by atoms with E-state index in [1.807, 2.05) is 0 Å². The average Bonchev–Trinajstić information content (AvgIpc) is 2.63. The summed E-state index contributed by atoms with van der Waals surface area (Å²) in [7, 11) is 0. The molecular weight excluding hydrogens is 362 g/mol. The van der Waals surface area contributed by atoms with Crippen LogP contribution in [0.1, 0.15) is 15.9 Å². The standard InChI is InChI=1S/C19H18F2N2O2.ClH/c20-10-13(11-22)12-25-17-4-5-18-14(8-17)6-7-23(19(18)24)16-3-1-2-15(21)9-16;/h1-5,8-10H,6-7,11-12,22H2;1H/b13-10-;. The molecule has 0 radical (unpaired) electrons. The minimum absolute atomic E-state index is 0. The van der Waals surface area contributed by atoms with E-state index in [1.165, 1.54) is 12.1 Å². The normalized spacial score (nSPS) is 13.9. The van der Waals surface area contributed by atoms with E-state index in [9.17, 15) is 13.6 Å². The van der Waals surface area contributed by atoms with E-state index in [-0.39, 0.29) is 37.3 Å². The number of rotatable bonds is 5. The fourth-order valence-corrected chi connectivity index (χ4v) is 2.76. The molecule has 26 heavy (non-hydrogen) atoms. The van der Waals surface area contributed by atoms with E-state index in [0.717, 1.165) is 5.56 Å². The van der Waals surface area contributed by atoms with Gasteiger partial charge >= 0.3 is 0 Å². The first-order valence-corrected chi connectivity index (χ1v) is 7.93. The van der Waals surface area contributed by atoms with E-state index in [2.05, 4.69) is 0 Å². The molecular formula is C19H19ClF2N2O2. The van der Waals surface area contributed by atoms with E-state index in [1.54, 1.807) is 35.2 Å². The van der Waals surface area contributed by atoms with Gasteiger partial charge < -0.3 is 15.4 Å². The lowest BCUT2D eigenvalue weighted by atomic mass is 9.98. The molecule has 1 amide bonds. The van der Waals surface area contributed by atoms with Crippen molar-refractivity contribution in [3.8, 4) is 5.75 Å². The van der Waals surface area contributed by atoms with Gasteiger partial charge in [-0.15, -0.1) is 12.4 Å². The summed E-state index contributed by atoms with van der Waals surface area (Å²) in [5.74, 6) is -0.000253. The summed E-state index contributed by atoms with van der Waals surface area (Å²) in [5, 5.41) is 0. The first kappa shape index (κ1) is 19.9. The van der Waals surface area contributed by atoms with Crippen LogP contribution in [0.25, 0.3) is 0 Å². The van der Waals surface area contributed by atoms with Crippen molar-refractivity contribution in [2.24, 2.45) is 5.73 Å². The number of hydrogen-bond donors (Lipinski definition) is 1. The largest absolute Gasteiger partial charge is 0.489 e. The second-order valence-electron chi connectivity index (χ2n) is 5.77. The highest BCUT2D eigenvalue weighted by Crippen LogP contribution is 2.27. The lowest BCUT2D eigenvalue weighted by molar-refractivity contribution is 0.0980. The van der Waals surface area contributed by atoms with E-state index in [0.29, 0.717) is 41.9 Å². The fourth-order valence-electron chi connectivity index (χ4n) is 2.76. The number of carbonyl (C=O) groups is 1. The third kappa shape index (κ3) is 4.20. The van der Waals surface area contributed by atoms with Gasteiger partial charge in [0, 0.05) is 29.9 Å². The number of hydrogen-bond acceptors (Lipinski definition) is 3. The Morgan fingerprint density at radius 2 is 2.08 bits per heavy atom. The van der Waals surface area contributed by atoms with Crippen molar-refractivity contribution in [2.45, 2.75) is 6.42 Å². The topological polar surface area (TPSA) is 55.6 Å². The molecule has 0 atom stereocenters. The summed E-state index contributed by atoms with van der Waals surface area (Å²) in [5.41, 5.74) is 7.70. The zero-order valence-electron chi connectivity index (χ0n) is 14.0. The molecule has 7 heteroatoms. The molecule has 0 saturated carbocycles. The Labute approximate surface area is 156 Å². The number of ether oxygens (including phenoxy) is 1. The summed E-state index contributed by atoms with van der Waals surface area (Å²) in [6.45, 7) is 0.606. The van der Waals surface area contributed by atoms with Crippen LogP contribution in [0.4, 0.5) is 14.5 Å². The highest BCUT2D eigenvalue weighted by atomic mass is 35.5. The first-order chi connectivity index (χ1) is 12.1. The van der Waals surface area contributed by atoms with Crippen LogP contribution in [0.3, 0.4) is 0 Å². The first-order valence-electron chi connectivity index (χ1n) is 7.93. The zero-order valence-corrected chi connectivity index (χ0v) is 14.8. The summed E-state index contributed by atoms with van der Waals surface area (Å²) < 4.78 is 31.4. The highest BCUT2D eigenvalue weighted by molar-refractivity contribution is 6.08. The Hall–Kier alpha value is -2.44. The maximum Gasteiger partial charge on any atom is 0.258 e. The van der Waals surface area contributed by atoms with Gasteiger partial charge in [0.05, 0.1) is 6.33 Å². The predicted molar refractivity (Wildman–Crippen MR) is 99.2 cm³/mol. The van der Waals surface area contributed by atoms with Crippen LogP contribution in [0.5, 0.6) is 5.75 Å². The number of benzene rings is 2. The molecule has 138 valence electrons. The number of carbonyl (C=O) groups excluding carboxylic acids is 1. The molecule has 2 N–H and O–H groups in total. The Morgan fingerprint density at radius 3 is 2.77 bits per heavy atom. The summed E-state index contributed by atoms with van der Waals surface area (Å²) in [6.07, 6.45) is 1.07. The van der Waals surface area contributed by atoms with Gasteiger partial charge in [0.15, 0.2) is 0 Å².